The molecule has 25 heavy (non-hydrogen) atoms. The van der Waals surface area contributed by atoms with Gasteiger partial charge in [0.15, 0.2) is 0 Å². The molecule has 2 rings (SSSR count). The zero-order valence-electron chi connectivity index (χ0n) is 13.7. The molecule has 2 aromatic rings. The van der Waals surface area contributed by atoms with Crippen LogP contribution in [0.4, 0.5) is 0 Å². The van der Waals surface area contributed by atoms with Crippen LogP contribution in [0.25, 0.3) is 0 Å². The summed E-state index contributed by atoms with van der Waals surface area (Å²) in [5.41, 5.74) is 1.68. The van der Waals surface area contributed by atoms with E-state index in [1.165, 1.54) is 32.6 Å². The number of amides is 1. The summed E-state index contributed by atoms with van der Waals surface area (Å²) in [6.45, 7) is 0.321. The third-order valence-corrected chi connectivity index (χ3v) is 4.89. The number of halogens is 1. The molecule has 0 fully saturated rings. The summed E-state index contributed by atoms with van der Waals surface area (Å²) in [5, 5.41) is 3.09. The number of carbonyl (C=O) groups excluding carboxylic acids is 1. The molecule has 0 spiro atoms. The Hall–Kier alpha value is -2.07. The minimum atomic E-state index is -3.50. The summed E-state index contributed by atoms with van der Waals surface area (Å²) in [5.74, 6) is -0.324. The van der Waals surface area contributed by atoms with Crippen LogP contribution in [0, 0.1) is 0 Å². The predicted molar refractivity (Wildman–Crippen MR) is 94.1 cm³/mol. The Labute approximate surface area is 151 Å². The lowest BCUT2D eigenvalue weighted by Gasteiger charge is -2.12. The first-order valence-corrected chi connectivity index (χ1v) is 9.09. The molecular formula is C15H18ClN5O3S. The molecule has 0 aliphatic carbocycles. The molecule has 0 saturated carbocycles. The first kappa shape index (κ1) is 19.3. The van der Waals surface area contributed by atoms with Crippen LogP contribution in [0.1, 0.15) is 21.6 Å². The van der Waals surface area contributed by atoms with Gasteiger partial charge in [0, 0.05) is 39.2 Å². The van der Waals surface area contributed by atoms with Crippen molar-refractivity contribution in [2.45, 2.75) is 13.1 Å². The topological polar surface area (TPSA) is 104 Å². The third kappa shape index (κ3) is 5.75. The lowest BCUT2D eigenvalue weighted by Crippen LogP contribution is -2.35. The largest absolute Gasteiger partial charge is 0.346 e. The number of aromatic nitrogens is 2. The SMILES string of the molecule is CN(C)S(=O)(=O)NCc1ccnc(CNC(=O)c2cncc(Cl)c2)c1. The van der Waals surface area contributed by atoms with E-state index in [9.17, 15) is 13.2 Å². The van der Waals surface area contributed by atoms with Crippen LogP contribution in [0.15, 0.2) is 36.8 Å². The van der Waals surface area contributed by atoms with Crippen molar-refractivity contribution in [1.29, 1.82) is 0 Å². The van der Waals surface area contributed by atoms with Crippen LogP contribution in [0.2, 0.25) is 5.02 Å². The molecule has 0 bridgehead atoms. The van der Waals surface area contributed by atoms with Crippen molar-refractivity contribution >= 4 is 27.7 Å². The van der Waals surface area contributed by atoms with Crippen LogP contribution in [0.3, 0.4) is 0 Å². The fourth-order valence-electron chi connectivity index (χ4n) is 1.85. The second-order valence-electron chi connectivity index (χ2n) is 5.34. The Kier molecular flexibility index (Phi) is 6.43. The number of rotatable bonds is 7. The van der Waals surface area contributed by atoms with Gasteiger partial charge < -0.3 is 5.32 Å². The van der Waals surface area contributed by atoms with E-state index in [0.717, 1.165) is 9.87 Å². The van der Waals surface area contributed by atoms with Gasteiger partial charge in [-0.1, -0.05) is 11.6 Å². The first-order chi connectivity index (χ1) is 11.8. The van der Waals surface area contributed by atoms with Gasteiger partial charge in [-0.05, 0) is 23.8 Å². The maximum Gasteiger partial charge on any atom is 0.279 e. The Bertz CT molecular complexity index is 858. The maximum absolute atomic E-state index is 12.1. The molecule has 2 N–H and O–H groups in total. The summed E-state index contributed by atoms with van der Waals surface area (Å²) >= 11 is 5.81. The van der Waals surface area contributed by atoms with Gasteiger partial charge in [-0.2, -0.15) is 17.4 Å². The van der Waals surface area contributed by atoms with Gasteiger partial charge in [-0.25, -0.2) is 0 Å². The van der Waals surface area contributed by atoms with Crippen LogP contribution >= 0.6 is 11.6 Å². The van der Waals surface area contributed by atoms with Crippen LogP contribution in [-0.2, 0) is 23.3 Å². The highest BCUT2D eigenvalue weighted by atomic mass is 35.5. The number of carbonyl (C=O) groups is 1. The van der Waals surface area contributed by atoms with Gasteiger partial charge in [-0.15, -0.1) is 0 Å². The number of hydrogen-bond donors (Lipinski definition) is 2. The lowest BCUT2D eigenvalue weighted by atomic mass is 10.2. The highest BCUT2D eigenvalue weighted by molar-refractivity contribution is 7.87. The first-order valence-electron chi connectivity index (χ1n) is 7.27. The second-order valence-corrected chi connectivity index (χ2v) is 7.74. The quantitative estimate of drug-likeness (QED) is 0.740. The van der Waals surface area contributed by atoms with E-state index in [0.29, 0.717) is 16.3 Å². The van der Waals surface area contributed by atoms with Gasteiger partial charge in [0.2, 0.25) is 0 Å². The fraction of sp³-hybridized carbons (Fsp3) is 0.267. The molecular weight excluding hydrogens is 366 g/mol. The maximum atomic E-state index is 12.1. The Balaban J connectivity index is 1.96. The molecule has 2 aromatic heterocycles. The Morgan fingerprint density at radius 1 is 1.24 bits per heavy atom. The molecule has 134 valence electrons. The summed E-state index contributed by atoms with van der Waals surface area (Å²) in [4.78, 5) is 20.1. The molecule has 2 heterocycles. The van der Waals surface area contributed by atoms with E-state index < -0.39 is 10.2 Å². The van der Waals surface area contributed by atoms with Crippen molar-refractivity contribution in [2.75, 3.05) is 14.1 Å². The molecule has 10 heteroatoms. The van der Waals surface area contributed by atoms with Crippen molar-refractivity contribution in [1.82, 2.24) is 24.3 Å². The number of nitrogens with zero attached hydrogens (tertiary/aromatic N) is 3. The van der Waals surface area contributed by atoms with Crippen molar-refractivity contribution < 1.29 is 13.2 Å². The van der Waals surface area contributed by atoms with Gasteiger partial charge >= 0.3 is 0 Å². The summed E-state index contributed by atoms with van der Waals surface area (Å²) < 4.78 is 27.0. The minimum Gasteiger partial charge on any atom is -0.346 e. The van der Waals surface area contributed by atoms with Crippen LogP contribution in [-0.4, -0.2) is 42.7 Å². The molecule has 0 unspecified atom stereocenters. The zero-order chi connectivity index (χ0) is 18.4. The fourth-order valence-corrected chi connectivity index (χ4v) is 2.63. The van der Waals surface area contributed by atoms with Gasteiger partial charge in [0.25, 0.3) is 16.1 Å². The highest BCUT2D eigenvalue weighted by Crippen LogP contribution is 2.09. The monoisotopic (exact) mass is 383 g/mol. The van der Waals surface area contributed by atoms with Crippen molar-refractivity contribution in [3.63, 3.8) is 0 Å². The Morgan fingerprint density at radius 2 is 2.00 bits per heavy atom. The molecule has 1 amide bonds. The smallest absolute Gasteiger partial charge is 0.279 e. The third-order valence-electron chi connectivity index (χ3n) is 3.22. The van der Waals surface area contributed by atoms with Gasteiger partial charge in [0.05, 0.1) is 22.8 Å². The van der Waals surface area contributed by atoms with Crippen LogP contribution in [0.5, 0.6) is 0 Å². The summed E-state index contributed by atoms with van der Waals surface area (Å²) in [6, 6.07) is 4.93. The van der Waals surface area contributed by atoms with Crippen molar-refractivity contribution in [2.24, 2.45) is 0 Å². The molecule has 0 radical (unpaired) electrons. The normalized spacial score (nSPS) is 11.5. The highest BCUT2D eigenvalue weighted by Gasteiger charge is 2.12. The molecule has 0 aromatic carbocycles. The van der Waals surface area contributed by atoms with Crippen molar-refractivity contribution in [3.8, 4) is 0 Å². The average molecular weight is 384 g/mol. The Morgan fingerprint density at radius 3 is 2.68 bits per heavy atom. The zero-order valence-corrected chi connectivity index (χ0v) is 15.3. The summed E-state index contributed by atoms with van der Waals surface area (Å²) in [6.07, 6.45) is 4.42. The molecule has 8 nitrogen and oxygen atoms in total. The van der Waals surface area contributed by atoms with Crippen molar-refractivity contribution in [3.05, 3.63) is 58.6 Å². The number of pyridine rings is 2. The molecule has 0 atom stereocenters. The number of hydrogen-bond acceptors (Lipinski definition) is 5. The van der Waals surface area contributed by atoms with E-state index in [1.54, 1.807) is 18.3 Å². The van der Waals surface area contributed by atoms with E-state index in [2.05, 4.69) is 20.0 Å². The lowest BCUT2D eigenvalue weighted by molar-refractivity contribution is 0.0950. The summed E-state index contributed by atoms with van der Waals surface area (Å²) in [7, 11) is -0.611. The number of nitrogens with one attached hydrogen (secondary N) is 2. The van der Waals surface area contributed by atoms with E-state index in [-0.39, 0.29) is 19.0 Å². The second kappa shape index (κ2) is 8.34. The van der Waals surface area contributed by atoms with Gasteiger partial charge in [0.1, 0.15) is 0 Å². The molecule has 0 saturated heterocycles. The van der Waals surface area contributed by atoms with E-state index in [1.807, 2.05) is 0 Å². The van der Waals surface area contributed by atoms with E-state index >= 15 is 0 Å². The van der Waals surface area contributed by atoms with Crippen LogP contribution < -0.4 is 10.0 Å². The standard InChI is InChI=1S/C15H18ClN5O3S/c1-21(2)25(23,24)20-7-11-3-4-18-14(5-11)10-19-15(22)12-6-13(16)9-17-8-12/h3-6,8-9,20H,7,10H2,1-2H3,(H,19,22). The molecule has 0 aliphatic rings. The predicted octanol–water partition coefficient (Wildman–Crippen LogP) is 0.956. The minimum absolute atomic E-state index is 0.127. The van der Waals surface area contributed by atoms with E-state index in [4.69, 9.17) is 11.6 Å². The van der Waals surface area contributed by atoms with Gasteiger partial charge in [-0.3, -0.25) is 14.8 Å². The average Bonchev–Trinajstić information content (AvgIpc) is 2.58. The molecule has 0 aliphatic heterocycles.